The van der Waals surface area contributed by atoms with Crippen molar-refractivity contribution in [3.8, 4) is 5.75 Å². The van der Waals surface area contributed by atoms with Gasteiger partial charge in [0.1, 0.15) is 5.75 Å². The maximum Gasteiger partial charge on any atom is 0.118 e. The molecule has 0 spiro atoms. The van der Waals surface area contributed by atoms with E-state index in [4.69, 9.17) is 4.74 Å². The Labute approximate surface area is 133 Å². The summed E-state index contributed by atoms with van der Waals surface area (Å²) < 4.78 is 5.22. The first-order valence-electron chi connectivity index (χ1n) is 7.57. The van der Waals surface area contributed by atoms with Gasteiger partial charge in [0.2, 0.25) is 0 Å². The zero-order valence-corrected chi connectivity index (χ0v) is 14.2. The van der Waals surface area contributed by atoms with Gasteiger partial charge in [-0.3, -0.25) is 0 Å². The number of hydrogen-bond donors (Lipinski definition) is 1. The number of nitrogens with zero attached hydrogens (tertiary/aromatic N) is 1. The van der Waals surface area contributed by atoms with Crippen LogP contribution in [-0.4, -0.2) is 26.1 Å². The molecule has 0 bridgehead atoms. The highest BCUT2D eigenvalue weighted by Gasteiger charge is 2.20. The van der Waals surface area contributed by atoms with E-state index in [2.05, 4.69) is 74.6 Å². The van der Waals surface area contributed by atoms with Crippen LogP contribution < -0.4 is 10.1 Å². The number of nitrogens with one attached hydrogen (secondary N) is 1. The molecule has 0 aliphatic carbocycles. The summed E-state index contributed by atoms with van der Waals surface area (Å²) in [4.78, 5) is 2.17. The Balaban J connectivity index is 2.09. The van der Waals surface area contributed by atoms with Gasteiger partial charge in [-0.15, -0.1) is 0 Å². The zero-order chi connectivity index (χ0) is 16.2. The molecule has 0 saturated heterocycles. The van der Waals surface area contributed by atoms with Crippen LogP contribution in [0.15, 0.2) is 48.5 Å². The third-order valence-electron chi connectivity index (χ3n) is 3.72. The van der Waals surface area contributed by atoms with Gasteiger partial charge < -0.3 is 15.0 Å². The van der Waals surface area contributed by atoms with Gasteiger partial charge in [-0.05, 0) is 63.3 Å². The second-order valence-corrected chi connectivity index (χ2v) is 6.41. The highest BCUT2D eigenvalue weighted by molar-refractivity contribution is 5.49. The summed E-state index contributed by atoms with van der Waals surface area (Å²) in [6, 6.07) is 16.8. The van der Waals surface area contributed by atoms with Gasteiger partial charge in [-0.25, -0.2) is 0 Å². The summed E-state index contributed by atoms with van der Waals surface area (Å²) in [5.74, 6) is 0.882. The van der Waals surface area contributed by atoms with Crippen LogP contribution >= 0.6 is 0 Å². The van der Waals surface area contributed by atoms with Crippen LogP contribution in [0, 0.1) is 0 Å². The molecule has 0 saturated carbocycles. The fourth-order valence-electron chi connectivity index (χ4n) is 2.50. The third kappa shape index (κ3) is 4.25. The lowest BCUT2D eigenvalue weighted by Gasteiger charge is -2.28. The molecule has 0 amide bonds. The van der Waals surface area contributed by atoms with Gasteiger partial charge in [0.05, 0.1) is 12.6 Å². The number of benzene rings is 2. The molecule has 22 heavy (non-hydrogen) atoms. The summed E-state index contributed by atoms with van der Waals surface area (Å²) in [6.07, 6.45) is 0. The van der Waals surface area contributed by atoms with E-state index in [9.17, 15) is 0 Å². The average Bonchev–Trinajstić information content (AvgIpc) is 2.48. The predicted molar refractivity (Wildman–Crippen MR) is 93.5 cm³/mol. The first-order chi connectivity index (χ1) is 10.4. The van der Waals surface area contributed by atoms with Crippen molar-refractivity contribution in [2.75, 3.05) is 26.5 Å². The Hall–Kier alpha value is -2.00. The standard InChI is InChI=1S/C19H26N2O/c1-19(2,16-8-12-18(22-5)13-9-16)20-17-10-6-15(7-11-17)14-21(3)4/h6-13,20H,14H2,1-5H3. The van der Waals surface area contributed by atoms with Crippen LogP contribution in [0.1, 0.15) is 25.0 Å². The Kier molecular flexibility index (Phi) is 5.09. The molecule has 1 N–H and O–H groups in total. The third-order valence-corrected chi connectivity index (χ3v) is 3.72. The van der Waals surface area contributed by atoms with Crippen LogP contribution in [0.2, 0.25) is 0 Å². The molecule has 0 aliphatic heterocycles. The molecule has 0 unspecified atom stereocenters. The van der Waals surface area contributed by atoms with Crippen LogP contribution in [0.25, 0.3) is 0 Å². The molecule has 3 heteroatoms. The van der Waals surface area contributed by atoms with Gasteiger partial charge in [0.15, 0.2) is 0 Å². The predicted octanol–water partition coefficient (Wildman–Crippen LogP) is 4.10. The Morgan fingerprint density at radius 2 is 1.55 bits per heavy atom. The van der Waals surface area contributed by atoms with Gasteiger partial charge in [-0.2, -0.15) is 0 Å². The van der Waals surface area contributed by atoms with Crippen molar-refractivity contribution in [3.63, 3.8) is 0 Å². The van der Waals surface area contributed by atoms with Gasteiger partial charge in [-0.1, -0.05) is 24.3 Å². The second kappa shape index (κ2) is 6.84. The lowest BCUT2D eigenvalue weighted by atomic mass is 9.93. The summed E-state index contributed by atoms with van der Waals surface area (Å²) in [7, 11) is 5.85. The molecule has 2 aromatic carbocycles. The molecule has 2 aromatic rings. The molecular formula is C19H26N2O. The SMILES string of the molecule is COc1ccc(C(C)(C)Nc2ccc(CN(C)C)cc2)cc1. The fourth-order valence-corrected chi connectivity index (χ4v) is 2.50. The van der Waals surface area contributed by atoms with Crippen molar-refractivity contribution >= 4 is 5.69 Å². The van der Waals surface area contributed by atoms with Crippen molar-refractivity contribution in [3.05, 3.63) is 59.7 Å². The fraction of sp³-hybridized carbons (Fsp3) is 0.368. The molecule has 3 nitrogen and oxygen atoms in total. The Morgan fingerprint density at radius 1 is 0.955 bits per heavy atom. The molecule has 2 rings (SSSR count). The number of methoxy groups -OCH3 is 1. The van der Waals surface area contributed by atoms with Crippen LogP contribution in [0.5, 0.6) is 5.75 Å². The quantitative estimate of drug-likeness (QED) is 0.869. The Morgan fingerprint density at radius 3 is 2.05 bits per heavy atom. The maximum absolute atomic E-state index is 5.22. The van der Waals surface area contributed by atoms with Gasteiger partial charge in [0, 0.05) is 12.2 Å². The minimum Gasteiger partial charge on any atom is -0.497 e. The summed E-state index contributed by atoms with van der Waals surface area (Å²) in [5.41, 5.74) is 3.53. The zero-order valence-electron chi connectivity index (χ0n) is 14.2. The molecule has 0 aliphatic rings. The first-order valence-corrected chi connectivity index (χ1v) is 7.57. The molecule has 118 valence electrons. The molecule has 0 heterocycles. The van der Waals surface area contributed by atoms with Crippen LogP contribution in [-0.2, 0) is 12.1 Å². The van der Waals surface area contributed by atoms with Crippen molar-refractivity contribution < 1.29 is 4.74 Å². The van der Waals surface area contributed by atoms with E-state index in [1.54, 1.807) is 7.11 Å². The smallest absolute Gasteiger partial charge is 0.118 e. The number of hydrogen-bond acceptors (Lipinski definition) is 3. The summed E-state index contributed by atoms with van der Waals surface area (Å²) >= 11 is 0. The largest absolute Gasteiger partial charge is 0.497 e. The van der Waals surface area contributed by atoms with Crippen molar-refractivity contribution in [1.29, 1.82) is 0 Å². The number of rotatable bonds is 6. The second-order valence-electron chi connectivity index (χ2n) is 6.41. The van der Waals surface area contributed by atoms with E-state index >= 15 is 0 Å². The van der Waals surface area contributed by atoms with Crippen LogP contribution in [0.4, 0.5) is 5.69 Å². The normalized spacial score (nSPS) is 11.5. The van der Waals surface area contributed by atoms with Crippen molar-refractivity contribution in [2.45, 2.75) is 25.9 Å². The van der Waals surface area contributed by atoms with Gasteiger partial charge >= 0.3 is 0 Å². The molecule has 0 aromatic heterocycles. The molecule has 0 fully saturated rings. The van der Waals surface area contributed by atoms with E-state index in [1.165, 1.54) is 11.1 Å². The van der Waals surface area contributed by atoms with E-state index in [1.807, 2.05) is 12.1 Å². The maximum atomic E-state index is 5.22. The first kappa shape index (κ1) is 16.4. The lowest BCUT2D eigenvalue weighted by Crippen LogP contribution is -2.27. The molecule has 0 atom stereocenters. The Bertz CT molecular complexity index is 586. The lowest BCUT2D eigenvalue weighted by molar-refractivity contribution is 0.402. The average molecular weight is 298 g/mol. The van der Waals surface area contributed by atoms with Crippen molar-refractivity contribution in [2.24, 2.45) is 0 Å². The highest BCUT2D eigenvalue weighted by Crippen LogP contribution is 2.27. The van der Waals surface area contributed by atoms with E-state index < -0.39 is 0 Å². The summed E-state index contributed by atoms with van der Waals surface area (Å²) in [6.45, 7) is 5.33. The molecule has 0 radical (unpaired) electrons. The van der Waals surface area contributed by atoms with Gasteiger partial charge in [0.25, 0.3) is 0 Å². The number of anilines is 1. The minimum atomic E-state index is -0.144. The van der Waals surface area contributed by atoms with Crippen molar-refractivity contribution in [1.82, 2.24) is 4.90 Å². The van der Waals surface area contributed by atoms with Crippen LogP contribution in [0.3, 0.4) is 0 Å². The monoisotopic (exact) mass is 298 g/mol. The van der Waals surface area contributed by atoms with E-state index in [-0.39, 0.29) is 5.54 Å². The number of ether oxygens (including phenoxy) is 1. The molecular weight excluding hydrogens is 272 g/mol. The van der Waals surface area contributed by atoms with E-state index in [0.29, 0.717) is 0 Å². The summed E-state index contributed by atoms with van der Waals surface area (Å²) in [5, 5.41) is 3.60. The minimum absolute atomic E-state index is 0.144. The topological polar surface area (TPSA) is 24.5 Å². The highest BCUT2D eigenvalue weighted by atomic mass is 16.5. The van der Waals surface area contributed by atoms with E-state index in [0.717, 1.165) is 18.0 Å².